The normalized spacial score (nSPS) is 11.5. The van der Waals surface area contributed by atoms with Gasteiger partial charge in [0.2, 0.25) is 10.0 Å². The predicted octanol–water partition coefficient (Wildman–Crippen LogP) is 1.13. The number of rotatable bonds is 8. The van der Waals surface area contributed by atoms with E-state index < -0.39 is 10.0 Å². The molecule has 0 fully saturated rings. The summed E-state index contributed by atoms with van der Waals surface area (Å²) in [5.41, 5.74) is 0.775. The van der Waals surface area contributed by atoms with Crippen LogP contribution in [0.15, 0.2) is 29.2 Å². The third-order valence-corrected chi connectivity index (χ3v) is 3.96. The lowest BCUT2D eigenvalue weighted by atomic mass is 10.1. The van der Waals surface area contributed by atoms with Gasteiger partial charge in [0.15, 0.2) is 5.78 Å². The molecule has 0 aromatic heterocycles. The van der Waals surface area contributed by atoms with Crippen LogP contribution in [0.5, 0.6) is 0 Å². The summed E-state index contributed by atoms with van der Waals surface area (Å²) in [4.78, 5) is 11.6. The highest BCUT2D eigenvalue weighted by molar-refractivity contribution is 7.89. The lowest BCUT2D eigenvalue weighted by Crippen LogP contribution is -2.24. The van der Waals surface area contributed by atoms with Gasteiger partial charge in [0.25, 0.3) is 0 Å². The van der Waals surface area contributed by atoms with Crippen molar-refractivity contribution in [1.29, 1.82) is 0 Å². The van der Waals surface area contributed by atoms with Crippen molar-refractivity contribution < 1.29 is 17.9 Å². The fourth-order valence-corrected chi connectivity index (χ4v) is 2.68. The molecule has 19 heavy (non-hydrogen) atoms. The number of sulfonamides is 1. The third kappa shape index (κ3) is 5.10. The zero-order valence-corrected chi connectivity index (χ0v) is 12.0. The minimum atomic E-state index is -3.44. The second-order valence-electron chi connectivity index (χ2n) is 4.19. The Hall–Kier alpha value is -1.24. The Bertz CT molecular complexity index is 508. The largest absolute Gasteiger partial charge is 0.377 e. The Labute approximate surface area is 114 Å². The number of benzene rings is 1. The SMILES string of the molecule is CCCNS(=O)(=O)c1ccc(CC(=O)COC)cc1. The van der Waals surface area contributed by atoms with Crippen molar-refractivity contribution in [2.45, 2.75) is 24.7 Å². The summed E-state index contributed by atoms with van der Waals surface area (Å²) in [5.74, 6) is -0.0396. The Morgan fingerprint density at radius 1 is 1.26 bits per heavy atom. The van der Waals surface area contributed by atoms with Gasteiger partial charge in [0.1, 0.15) is 6.61 Å². The van der Waals surface area contributed by atoms with Crippen LogP contribution in [0.2, 0.25) is 0 Å². The van der Waals surface area contributed by atoms with Crippen molar-refractivity contribution in [3.8, 4) is 0 Å². The van der Waals surface area contributed by atoms with Gasteiger partial charge < -0.3 is 4.74 Å². The van der Waals surface area contributed by atoms with E-state index in [4.69, 9.17) is 4.74 Å². The van der Waals surface area contributed by atoms with Gasteiger partial charge in [0.05, 0.1) is 4.90 Å². The smallest absolute Gasteiger partial charge is 0.240 e. The van der Waals surface area contributed by atoms with Crippen molar-refractivity contribution in [2.24, 2.45) is 0 Å². The number of carbonyl (C=O) groups is 1. The number of hydrogen-bond acceptors (Lipinski definition) is 4. The number of ketones is 1. The number of nitrogens with one attached hydrogen (secondary N) is 1. The highest BCUT2D eigenvalue weighted by Gasteiger charge is 2.13. The molecule has 0 amide bonds. The summed E-state index contributed by atoms with van der Waals surface area (Å²) in [5, 5.41) is 0. The van der Waals surface area contributed by atoms with E-state index in [2.05, 4.69) is 4.72 Å². The van der Waals surface area contributed by atoms with E-state index in [1.54, 1.807) is 12.1 Å². The maximum absolute atomic E-state index is 11.8. The van der Waals surface area contributed by atoms with Gasteiger partial charge in [-0.25, -0.2) is 13.1 Å². The Balaban J connectivity index is 2.73. The fraction of sp³-hybridized carbons (Fsp3) is 0.462. The Kier molecular flexibility index (Phi) is 6.14. The van der Waals surface area contributed by atoms with Crippen LogP contribution in [0, 0.1) is 0 Å². The summed E-state index contributed by atoms with van der Waals surface area (Å²) >= 11 is 0. The maximum atomic E-state index is 11.8. The molecule has 0 atom stereocenters. The zero-order valence-electron chi connectivity index (χ0n) is 11.2. The van der Waals surface area contributed by atoms with E-state index in [0.717, 1.165) is 12.0 Å². The van der Waals surface area contributed by atoms with Crippen LogP contribution in [-0.4, -0.2) is 34.5 Å². The van der Waals surface area contributed by atoms with Gasteiger partial charge in [-0.2, -0.15) is 0 Å². The Morgan fingerprint density at radius 3 is 2.42 bits per heavy atom. The molecule has 0 aliphatic carbocycles. The molecule has 0 unspecified atom stereocenters. The first-order valence-corrected chi connectivity index (χ1v) is 7.57. The summed E-state index contributed by atoms with van der Waals surface area (Å²) in [7, 11) is -1.97. The van der Waals surface area contributed by atoms with E-state index in [9.17, 15) is 13.2 Å². The molecule has 0 aliphatic heterocycles. The third-order valence-electron chi connectivity index (χ3n) is 2.48. The van der Waals surface area contributed by atoms with E-state index in [1.807, 2.05) is 6.92 Å². The van der Waals surface area contributed by atoms with Crippen LogP contribution in [0.3, 0.4) is 0 Å². The van der Waals surface area contributed by atoms with Crippen LogP contribution in [-0.2, 0) is 26.0 Å². The number of hydrogen-bond donors (Lipinski definition) is 1. The van der Waals surface area contributed by atoms with Crippen molar-refractivity contribution in [2.75, 3.05) is 20.3 Å². The number of carbonyl (C=O) groups excluding carboxylic acids is 1. The lowest BCUT2D eigenvalue weighted by molar-refractivity contribution is -0.121. The maximum Gasteiger partial charge on any atom is 0.240 e. The first kappa shape index (κ1) is 15.8. The molecular weight excluding hydrogens is 266 g/mol. The summed E-state index contributed by atoms with van der Waals surface area (Å²) < 4.78 is 30.9. The molecule has 0 saturated heterocycles. The summed E-state index contributed by atoms with van der Waals surface area (Å²) in [6.45, 7) is 2.38. The van der Waals surface area contributed by atoms with Crippen molar-refractivity contribution in [3.63, 3.8) is 0 Å². The highest BCUT2D eigenvalue weighted by atomic mass is 32.2. The molecule has 1 N–H and O–H groups in total. The van der Waals surface area contributed by atoms with Crippen molar-refractivity contribution >= 4 is 15.8 Å². The predicted molar refractivity (Wildman–Crippen MR) is 72.5 cm³/mol. The van der Waals surface area contributed by atoms with E-state index in [1.165, 1.54) is 19.2 Å². The average molecular weight is 285 g/mol. The molecule has 0 bridgehead atoms. The topological polar surface area (TPSA) is 72.5 Å². The van der Waals surface area contributed by atoms with Crippen LogP contribution in [0.25, 0.3) is 0 Å². The summed E-state index contributed by atoms with van der Waals surface area (Å²) in [6.07, 6.45) is 0.986. The fourth-order valence-electron chi connectivity index (χ4n) is 1.55. The molecule has 6 heteroatoms. The molecule has 0 saturated carbocycles. The zero-order chi connectivity index (χ0) is 14.3. The number of Topliss-reactive ketones (excluding diaryl/α,β-unsaturated/α-hetero) is 1. The molecule has 0 heterocycles. The first-order valence-electron chi connectivity index (χ1n) is 6.09. The highest BCUT2D eigenvalue weighted by Crippen LogP contribution is 2.11. The van der Waals surface area contributed by atoms with Crippen molar-refractivity contribution in [1.82, 2.24) is 4.72 Å². The molecule has 106 valence electrons. The number of ether oxygens (including phenoxy) is 1. The van der Waals surface area contributed by atoms with Crippen LogP contribution < -0.4 is 4.72 Å². The molecule has 0 aliphatic rings. The second kappa shape index (κ2) is 7.37. The van der Waals surface area contributed by atoms with Gasteiger partial charge in [0, 0.05) is 20.1 Å². The molecule has 1 aromatic carbocycles. The van der Waals surface area contributed by atoms with E-state index in [0.29, 0.717) is 6.54 Å². The lowest BCUT2D eigenvalue weighted by Gasteiger charge is -2.06. The van der Waals surface area contributed by atoms with Crippen LogP contribution >= 0.6 is 0 Å². The second-order valence-corrected chi connectivity index (χ2v) is 5.96. The molecular formula is C13H19NO4S. The first-order chi connectivity index (χ1) is 8.99. The minimum absolute atomic E-state index is 0.0396. The van der Waals surface area contributed by atoms with Crippen molar-refractivity contribution in [3.05, 3.63) is 29.8 Å². The summed E-state index contributed by atoms with van der Waals surface area (Å²) in [6, 6.07) is 6.31. The van der Waals surface area contributed by atoms with Gasteiger partial charge in [-0.15, -0.1) is 0 Å². The monoisotopic (exact) mass is 285 g/mol. The van der Waals surface area contributed by atoms with Crippen LogP contribution in [0.4, 0.5) is 0 Å². The van der Waals surface area contributed by atoms with E-state index >= 15 is 0 Å². The van der Waals surface area contributed by atoms with Gasteiger partial charge in [-0.05, 0) is 24.1 Å². The minimum Gasteiger partial charge on any atom is -0.377 e. The Morgan fingerprint density at radius 2 is 1.89 bits per heavy atom. The van der Waals surface area contributed by atoms with Gasteiger partial charge in [-0.3, -0.25) is 4.79 Å². The molecule has 1 aromatic rings. The quantitative estimate of drug-likeness (QED) is 0.777. The molecule has 0 spiro atoms. The molecule has 0 radical (unpaired) electrons. The van der Waals surface area contributed by atoms with Gasteiger partial charge in [-0.1, -0.05) is 19.1 Å². The van der Waals surface area contributed by atoms with E-state index in [-0.39, 0.29) is 23.7 Å². The standard InChI is InChI=1S/C13H19NO4S/c1-3-8-14-19(16,17)13-6-4-11(5-7-13)9-12(15)10-18-2/h4-7,14H,3,8-10H2,1-2H3. The molecule has 1 rings (SSSR count). The van der Waals surface area contributed by atoms with Gasteiger partial charge >= 0.3 is 0 Å². The molecule has 5 nitrogen and oxygen atoms in total. The van der Waals surface area contributed by atoms with Crippen LogP contribution in [0.1, 0.15) is 18.9 Å². The average Bonchev–Trinajstić information content (AvgIpc) is 2.37. The number of methoxy groups -OCH3 is 1.